The lowest BCUT2D eigenvalue weighted by Gasteiger charge is -2.11. The number of aromatic nitrogens is 1. The van der Waals surface area contributed by atoms with E-state index in [1.54, 1.807) is 18.2 Å². The largest absolute Gasteiger partial charge is 0.489 e. The Labute approximate surface area is 174 Å². The molecular formula is C25H18FN3O. The van der Waals surface area contributed by atoms with Crippen LogP contribution in [0.3, 0.4) is 0 Å². The van der Waals surface area contributed by atoms with Crippen LogP contribution in [0.25, 0.3) is 22.4 Å². The minimum Gasteiger partial charge on any atom is -0.489 e. The number of benzene rings is 3. The third-order valence-electron chi connectivity index (χ3n) is 4.71. The van der Waals surface area contributed by atoms with Crippen LogP contribution in [-0.2, 0) is 6.61 Å². The molecule has 0 atom stereocenters. The van der Waals surface area contributed by atoms with Gasteiger partial charge in [0.15, 0.2) is 0 Å². The van der Waals surface area contributed by atoms with E-state index in [0.29, 0.717) is 23.4 Å². The number of hydrogen-bond donors (Lipinski definition) is 1. The van der Waals surface area contributed by atoms with Gasteiger partial charge in [-0.2, -0.15) is 5.26 Å². The number of hydrogen-bond acceptors (Lipinski definition) is 4. The van der Waals surface area contributed by atoms with E-state index in [-0.39, 0.29) is 11.6 Å². The van der Waals surface area contributed by atoms with E-state index in [2.05, 4.69) is 11.1 Å². The zero-order valence-corrected chi connectivity index (χ0v) is 16.0. The Morgan fingerprint density at radius 3 is 2.23 bits per heavy atom. The molecule has 4 nitrogen and oxygen atoms in total. The van der Waals surface area contributed by atoms with Crippen molar-refractivity contribution in [2.75, 3.05) is 5.73 Å². The van der Waals surface area contributed by atoms with Gasteiger partial charge in [0.2, 0.25) is 0 Å². The number of nitrogen functional groups attached to an aromatic ring is 1. The highest BCUT2D eigenvalue weighted by Gasteiger charge is 2.14. The van der Waals surface area contributed by atoms with Crippen LogP contribution in [-0.4, -0.2) is 4.98 Å². The number of nitrogens with two attached hydrogens (primary N) is 1. The number of ether oxygens (including phenoxy) is 1. The monoisotopic (exact) mass is 395 g/mol. The van der Waals surface area contributed by atoms with Gasteiger partial charge in [-0.1, -0.05) is 42.5 Å². The summed E-state index contributed by atoms with van der Waals surface area (Å²) in [5.74, 6) is 0.535. The molecule has 1 aromatic heterocycles. The maximum Gasteiger partial charge on any atom is 0.142 e. The average Bonchev–Trinajstić information content (AvgIpc) is 2.79. The summed E-state index contributed by atoms with van der Waals surface area (Å²) in [6, 6.07) is 27.3. The molecule has 0 radical (unpaired) electrons. The fraction of sp³-hybridized carbons (Fsp3) is 0.0400. The predicted octanol–water partition coefficient (Wildman–Crippen LogP) is 5.59. The van der Waals surface area contributed by atoms with E-state index < -0.39 is 0 Å². The maximum absolute atomic E-state index is 13.3. The molecule has 0 fully saturated rings. The second-order valence-corrected chi connectivity index (χ2v) is 6.73. The van der Waals surface area contributed by atoms with E-state index in [1.807, 2.05) is 54.6 Å². The van der Waals surface area contributed by atoms with Crippen LogP contribution < -0.4 is 10.5 Å². The van der Waals surface area contributed by atoms with Crippen LogP contribution in [0, 0.1) is 17.1 Å². The van der Waals surface area contributed by atoms with Crippen molar-refractivity contribution in [1.82, 2.24) is 4.98 Å². The molecule has 2 N–H and O–H groups in total. The van der Waals surface area contributed by atoms with Crippen molar-refractivity contribution in [2.45, 2.75) is 6.61 Å². The van der Waals surface area contributed by atoms with Gasteiger partial charge < -0.3 is 10.5 Å². The fourth-order valence-corrected chi connectivity index (χ4v) is 3.15. The topological polar surface area (TPSA) is 71.9 Å². The first kappa shape index (κ1) is 19.2. The van der Waals surface area contributed by atoms with Gasteiger partial charge in [-0.3, -0.25) is 0 Å². The second kappa shape index (κ2) is 8.46. The standard InChI is InChI=1S/C25H18FN3O/c26-20-10-6-19(7-11-20)24-14-22(23(15-27)25(28)29-24)18-8-12-21(13-9-18)30-16-17-4-2-1-3-5-17/h1-14H,16H2,(H2,28,29). The molecule has 4 aromatic rings. The van der Waals surface area contributed by atoms with Crippen molar-refractivity contribution >= 4 is 5.82 Å². The van der Waals surface area contributed by atoms with E-state index >= 15 is 0 Å². The minimum absolute atomic E-state index is 0.138. The van der Waals surface area contributed by atoms with Gasteiger partial charge in [0.25, 0.3) is 0 Å². The molecule has 4 rings (SSSR count). The summed E-state index contributed by atoms with van der Waals surface area (Å²) in [7, 11) is 0. The summed E-state index contributed by atoms with van der Waals surface area (Å²) >= 11 is 0. The Bertz CT molecular complexity index is 1200. The van der Waals surface area contributed by atoms with Gasteiger partial charge in [-0.15, -0.1) is 0 Å². The molecule has 0 spiro atoms. The highest BCUT2D eigenvalue weighted by atomic mass is 19.1. The number of nitrogens with zero attached hydrogens (tertiary/aromatic N) is 2. The third kappa shape index (κ3) is 4.13. The molecule has 30 heavy (non-hydrogen) atoms. The zero-order chi connectivity index (χ0) is 20.9. The molecule has 1 heterocycles. The zero-order valence-electron chi connectivity index (χ0n) is 16.0. The Hall–Kier alpha value is -4.17. The van der Waals surface area contributed by atoms with Crippen molar-refractivity contribution < 1.29 is 9.13 Å². The van der Waals surface area contributed by atoms with Crippen molar-refractivity contribution in [1.29, 1.82) is 5.26 Å². The number of anilines is 1. The van der Waals surface area contributed by atoms with E-state index in [9.17, 15) is 9.65 Å². The highest BCUT2D eigenvalue weighted by Crippen LogP contribution is 2.32. The van der Waals surface area contributed by atoms with Gasteiger partial charge in [0, 0.05) is 11.1 Å². The summed E-state index contributed by atoms with van der Waals surface area (Å²) in [6.45, 7) is 0.473. The predicted molar refractivity (Wildman–Crippen MR) is 115 cm³/mol. The Morgan fingerprint density at radius 2 is 1.57 bits per heavy atom. The van der Waals surface area contributed by atoms with Gasteiger partial charge in [0.05, 0.1) is 5.69 Å². The summed E-state index contributed by atoms with van der Waals surface area (Å²) in [5, 5.41) is 9.58. The van der Waals surface area contributed by atoms with Crippen molar-refractivity contribution in [3.8, 4) is 34.2 Å². The molecule has 0 aliphatic carbocycles. The van der Waals surface area contributed by atoms with Gasteiger partial charge in [-0.05, 0) is 53.6 Å². The van der Waals surface area contributed by atoms with Crippen LogP contribution in [0.15, 0.2) is 84.9 Å². The SMILES string of the molecule is N#Cc1c(-c2ccc(OCc3ccccc3)cc2)cc(-c2ccc(F)cc2)nc1N. The van der Waals surface area contributed by atoms with Gasteiger partial charge in [0.1, 0.15) is 35.6 Å². The fourth-order valence-electron chi connectivity index (χ4n) is 3.15. The molecule has 5 heteroatoms. The summed E-state index contributed by atoms with van der Waals surface area (Å²) < 4.78 is 19.1. The van der Waals surface area contributed by atoms with Crippen molar-refractivity contribution in [3.63, 3.8) is 0 Å². The lowest BCUT2D eigenvalue weighted by Crippen LogP contribution is -2.00. The Balaban J connectivity index is 1.64. The second-order valence-electron chi connectivity index (χ2n) is 6.73. The number of rotatable bonds is 5. The lowest BCUT2D eigenvalue weighted by molar-refractivity contribution is 0.306. The summed E-state index contributed by atoms with van der Waals surface area (Å²) in [6.07, 6.45) is 0. The van der Waals surface area contributed by atoms with Crippen LogP contribution in [0.2, 0.25) is 0 Å². The van der Waals surface area contributed by atoms with Crippen LogP contribution in [0.4, 0.5) is 10.2 Å². The van der Waals surface area contributed by atoms with Crippen LogP contribution in [0.1, 0.15) is 11.1 Å². The number of halogens is 1. The molecule has 0 aliphatic heterocycles. The molecule has 0 bridgehead atoms. The van der Waals surface area contributed by atoms with Crippen LogP contribution >= 0.6 is 0 Å². The summed E-state index contributed by atoms with van der Waals surface area (Å²) in [5.41, 5.74) is 10.2. The number of nitriles is 1. The molecule has 0 aliphatic rings. The molecule has 3 aromatic carbocycles. The smallest absolute Gasteiger partial charge is 0.142 e. The average molecular weight is 395 g/mol. The molecular weight excluding hydrogens is 377 g/mol. The molecule has 0 saturated carbocycles. The summed E-state index contributed by atoms with van der Waals surface area (Å²) in [4.78, 5) is 4.32. The minimum atomic E-state index is -0.327. The Morgan fingerprint density at radius 1 is 0.900 bits per heavy atom. The van der Waals surface area contributed by atoms with E-state index in [0.717, 1.165) is 22.4 Å². The molecule has 0 amide bonds. The van der Waals surface area contributed by atoms with E-state index in [4.69, 9.17) is 10.5 Å². The highest BCUT2D eigenvalue weighted by molar-refractivity contribution is 5.80. The van der Waals surface area contributed by atoms with Gasteiger partial charge in [-0.25, -0.2) is 9.37 Å². The first-order valence-corrected chi connectivity index (χ1v) is 9.38. The normalized spacial score (nSPS) is 10.4. The number of pyridine rings is 1. The van der Waals surface area contributed by atoms with Crippen molar-refractivity contribution in [2.24, 2.45) is 0 Å². The molecule has 146 valence electrons. The van der Waals surface area contributed by atoms with Gasteiger partial charge >= 0.3 is 0 Å². The van der Waals surface area contributed by atoms with Crippen LogP contribution in [0.5, 0.6) is 5.75 Å². The lowest BCUT2D eigenvalue weighted by atomic mass is 9.98. The first-order valence-electron chi connectivity index (χ1n) is 9.38. The quantitative estimate of drug-likeness (QED) is 0.478. The van der Waals surface area contributed by atoms with E-state index in [1.165, 1.54) is 12.1 Å². The molecule has 0 saturated heterocycles. The first-order chi connectivity index (χ1) is 14.6. The molecule has 0 unspecified atom stereocenters. The third-order valence-corrected chi connectivity index (χ3v) is 4.71. The Kier molecular flexibility index (Phi) is 5.40. The maximum atomic E-state index is 13.3. The van der Waals surface area contributed by atoms with Crippen molar-refractivity contribution in [3.05, 3.63) is 102 Å².